The first kappa shape index (κ1) is 17.4. The Morgan fingerprint density at radius 2 is 1.68 bits per heavy atom. The van der Waals surface area contributed by atoms with Gasteiger partial charge in [0, 0.05) is 31.0 Å². The third-order valence-corrected chi connectivity index (χ3v) is 4.96. The van der Waals surface area contributed by atoms with E-state index < -0.39 is 0 Å². The Kier molecular flexibility index (Phi) is 7.86. The van der Waals surface area contributed by atoms with Gasteiger partial charge in [-0.2, -0.15) is 0 Å². The number of rotatable bonds is 9. The molecule has 0 bridgehead atoms. The average Bonchev–Trinajstić information content (AvgIpc) is 2.56. The molecule has 22 heavy (non-hydrogen) atoms. The lowest BCUT2D eigenvalue weighted by Crippen LogP contribution is -2.15. The standard InChI is InChI=1S/C19H32N2O/c1-3-4-5-6-7-8-16-9-11-18(12-10-16)19-20-13-17(14-21-19)15-22-2/h13-14,16,18H,3-12,15H2,1-2H3/t16-,18-. The number of methoxy groups -OCH3 is 1. The lowest BCUT2D eigenvalue weighted by molar-refractivity contribution is 0.184. The predicted molar refractivity (Wildman–Crippen MR) is 90.8 cm³/mol. The molecule has 0 saturated heterocycles. The van der Waals surface area contributed by atoms with Gasteiger partial charge < -0.3 is 4.74 Å². The molecule has 0 amide bonds. The van der Waals surface area contributed by atoms with E-state index in [1.54, 1.807) is 7.11 Å². The molecule has 0 aliphatic heterocycles. The van der Waals surface area contributed by atoms with Crippen molar-refractivity contribution in [3.05, 3.63) is 23.8 Å². The zero-order valence-corrected chi connectivity index (χ0v) is 14.4. The van der Waals surface area contributed by atoms with E-state index in [1.807, 2.05) is 12.4 Å². The molecule has 3 nitrogen and oxygen atoms in total. The van der Waals surface area contributed by atoms with Gasteiger partial charge in [0.2, 0.25) is 0 Å². The fourth-order valence-corrected chi connectivity index (χ4v) is 3.56. The number of ether oxygens (including phenoxy) is 1. The van der Waals surface area contributed by atoms with Crippen LogP contribution in [0.4, 0.5) is 0 Å². The third kappa shape index (κ3) is 5.68. The van der Waals surface area contributed by atoms with Gasteiger partial charge in [-0.05, 0) is 31.6 Å². The van der Waals surface area contributed by atoms with Crippen LogP contribution in [0.5, 0.6) is 0 Å². The summed E-state index contributed by atoms with van der Waals surface area (Å²) in [5.74, 6) is 2.57. The minimum absolute atomic E-state index is 0.577. The van der Waals surface area contributed by atoms with E-state index in [1.165, 1.54) is 64.2 Å². The van der Waals surface area contributed by atoms with Crippen LogP contribution >= 0.6 is 0 Å². The summed E-state index contributed by atoms with van der Waals surface area (Å²) < 4.78 is 5.11. The van der Waals surface area contributed by atoms with Crippen LogP contribution in [-0.4, -0.2) is 17.1 Å². The quantitative estimate of drug-likeness (QED) is 0.584. The summed E-state index contributed by atoms with van der Waals surface area (Å²) in [4.78, 5) is 9.10. The molecule has 2 rings (SSSR count). The fraction of sp³-hybridized carbons (Fsp3) is 0.789. The second-order valence-electron chi connectivity index (χ2n) is 6.80. The Balaban J connectivity index is 1.68. The molecule has 0 radical (unpaired) electrons. The van der Waals surface area contributed by atoms with E-state index in [0.29, 0.717) is 12.5 Å². The summed E-state index contributed by atoms with van der Waals surface area (Å²) in [5.41, 5.74) is 1.06. The molecule has 0 N–H and O–H groups in total. The highest BCUT2D eigenvalue weighted by Gasteiger charge is 2.23. The number of nitrogens with zero attached hydrogens (tertiary/aromatic N) is 2. The zero-order valence-electron chi connectivity index (χ0n) is 14.4. The Bertz CT molecular complexity index is 396. The largest absolute Gasteiger partial charge is 0.380 e. The average molecular weight is 304 g/mol. The maximum Gasteiger partial charge on any atom is 0.131 e. The summed E-state index contributed by atoms with van der Waals surface area (Å²) in [7, 11) is 1.71. The van der Waals surface area contributed by atoms with Crippen LogP contribution in [0.25, 0.3) is 0 Å². The number of hydrogen-bond acceptors (Lipinski definition) is 3. The first-order valence-corrected chi connectivity index (χ1v) is 9.13. The number of unbranched alkanes of at least 4 members (excludes halogenated alkanes) is 4. The lowest BCUT2D eigenvalue weighted by Gasteiger charge is -2.27. The summed E-state index contributed by atoms with van der Waals surface area (Å²) in [6.45, 7) is 2.89. The second kappa shape index (κ2) is 9.94. The van der Waals surface area contributed by atoms with Gasteiger partial charge in [-0.3, -0.25) is 0 Å². The molecule has 1 aromatic rings. The van der Waals surface area contributed by atoms with Crippen LogP contribution in [-0.2, 0) is 11.3 Å². The molecule has 1 saturated carbocycles. The third-order valence-electron chi connectivity index (χ3n) is 4.96. The summed E-state index contributed by atoms with van der Waals surface area (Å²) >= 11 is 0. The fourth-order valence-electron chi connectivity index (χ4n) is 3.56. The van der Waals surface area contributed by atoms with E-state index in [0.717, 1.165) is 17.3 Å². The molecule has 1 fully saturated rings. The highest BCUT2D eigenvalue weighted by molar-refractivity contribution is 5.07. The highest BCUT2D eigenvalue weighted by Crippen LogP contribution is 2.36. The van der Waals surface area contributed by atoms with Gasteiger partial charge in [0.15, 0.2) is 0 Å². The maximum atomic E-state index is 5.11. The van der Waals surface area contributed by atoms with Gasteiger partial charge in [-0.25, -0.2) is 9.97 Å². The molecule has 0 unspecified atom stereocenters. The lowest BCUT2D eigenvalue weighted by atomic mass is 9.79. The van der Waals surface area contributed by atoms with E-state index in [9.17, 15) is 0 Å². The molecule has 0 atom stereocenters. The van der Waals surface area contributed by atoms with Crippen molar-refractivity contribution in [2.24, 2.45) is 5.92 Å². The molecule has 0 aromatic carbocycles. The molecule has 1 heterocycles. The highest BCUT2D eigenvalue weighted by atomic mass is 16.5. The van der Waals surface area contributed by atoms with E-state index in [-0.39, 0.29) is 0 Å². The van der Waals surface area contributed by atoms with Crippen molar-refractivity contribution in [3.8, 4) is 0 Å². The van der Waals surface area contributed by atoms with Gasteiger partial charge in [-0.1, -0.05) is 45.4 Å². The molecular weight excluding hydrogens is 272 g/mol. The normalized spacial score (nSPS) is 21.9. The Morgan fingerprint density at radius 1 is 1.00 bits per heavy atom. The van der Waals surface area contributed by atoms with Crippen LogP contribution in [0, 0.1) is 5.92 Å². The van der Waals surface area contributed by atoms with Gasteiger partial charge in [0.1, 0.15) is 5.82 Å². The summed E-state index contributed by atoms with van der Waals surface area (Å²) in [6.07, 6.45) is 17.6. The number of aromatic nitrogens is 2. The molecular formula is C19H32N2O. The van der Waals surface area contributed by atoms with Crippen LogP contribution in [0.2, 0.25) is 0 Å². The molecule has 1 aliphatic carbocycles. The maximum absolute atomic E-state index is 5.11. The van der Waals surface area contributed by atoms with E-state index >= 15 is 0 Å². The molecule has 1 aliphatic rings. The van der Waals surface area contributed by atoms with Gasteiger partial charge in [0.25, 0.3) is 0 Å². The monoisotopic (exact) mass is 304 g/mol. The van der Waals surface area contributed by atoms with Crippen molar-refractivity contribution in [1.29, 1.82) is 0 Å². The Morgan fingerprint density at radius 3 is 2.32 bits per heavy atom. The van der Waals surface area contributed by atoms with Gasteiger partial charge in [0.05, 0.1) is 6.61 Å². The predicted octanol–water partition coefficient (Wildman–Crippen LogP) is 5.26. The van der Waals surface area contributed by atoms with Crippen LogP contribution in [0.15, 0.2) is 12.4 Å². The van der Waals surface area contributed by atoms with E-state index in [2.05, 4.69) is 16.9 Å². The van der Waals surface area contributed by atoms with E-state index in [4.69, 9.17) is 4.74 Å². The van der Waals surface area contributed by atoms with Crippen LogP contribution in [0.3, 0.4) is 0 Å². The summed E-state index contributed by atoms with van der Waals surface area (Å²) in [5, 5.41) is 0. The van der Waals surface area contributed by atoms with Crippen molar-refractivity contribution in [2.75, 3.05) is 7.11 Å². The van der Waals surface area contributed by atoms with Crippen molar-refractivity contribution >= 4 is 0 Å². The molecule has 3 heteroatoms. The van der Waals surface area contributed by atoms with Crippen molar-refractivity contribution in [2.45, 2.75) is 83.7 Å². The molecule has 1 aromatic heterocycles. The molecule has 0 spiro atoms. The van der Waals surface area contributed by atoms with Crippen molar-refractivity contribution in [3.63, 3.8) is 0 Å². The zero-order chi connectivity index (χ0) is 15.6. The Labute approximate surface area is 135 Å². The van der Waals surface area contributed by atoms with Crippen LogP contribution in [0.1, 0.15) is 88.4 Å². The van der Waals surface area contributed by atoms with Crippen molar-refractivity contribution < 1.29 is 4.74 Å². The number of hydrogen-bond donors (Lipinski definition) is 0. The minimum atomic E-state index is 0.577. The van der Waals surface area contributed by atoms with Gasteiger partial charge >= 0.3 is 0 Å². The SMILES string of the molecule is CCCCCCC[C@H]1CC[C@H](c2ncc(COC)cn2)CC1. The topological polar surface area (TPSA) is 35.0 Å². The van der Waals surface area contributed by atoms with Crippen LogP contribution < -0.4 is 0 Å². The van der Waals surface area contributed by atoms with Crippen molar-refractivity contribution in [1.82, 2.24) is 9.97 Å². The summed E-state index contributed by atoms with van der Waals surface area (Å²) in [6, 6.07) is 0. The second-order valence-corrected chi connectivity index (χ2v) is 6.80. The minimum Gasteiger partial charge on any atom is -0.380 e. The van der Waals surface area contributed by atoms with Gasteiger partial charge in [-0.15, -0.1) is 0 Å². The Hall–Kier alpha value is -0.960. The first-order chi connectivity index (χ1) is 10.8. The molecule has 124 valence electrons. The first-order valence-electron chi connectivity index (χ1n) is 9.13. The smallest absolute Gasteiger partial charge is 0.131 e.